The fraction of sp³-hybridized carbons (Fsp3) is 0.304. The highest BCUT2D eigenvalue weighted by atomic mass is 32.2. The van der Waals surface area contributed by atoms with Crippen LogP contribution in [0.4, 0.5) is 5.69 Å². The van der Waals surface area contributed by atoms with Crippen molar-refractivity contribution in [3.8, 4) is 0 Å². The highest BCUT2D eigenvalue weighted by Crippen LogP contribution is 2.35. The molecule has 1 amide bonds. The van der Waals surface area contributed by atoms with E-state index in [-0.39, 0.29) is 17.2 Å². The van der Waals surface area contributed by atoms with Crippen molar-refractivity contribution in [2.24, 2.45) is 0 Å². The summed E-state index contributed by atoms with van der Waals surface area (Å²) in [5.41, 5.74) is 2.66. The maximum Gasteiger partial charge on any atom is 0.323 e. The number of carbonyl (C=O) groups excluding carboxylic acids is 1. The van der Waals surface area contributed by atoms with Crippen LogP contribution in [0.2, 0.25) is 0 Å². The highest BCUT2D eigenvalue weighted by molar-refractivity contribution is 8.00. The number of aromatic amines is 2. The van der Waals surface area contributed by atoms with Crippen molar-refractivity contribution in [2.75, 3.05) is 5.32 Å². The SMILES string of the molecule is C=CCn1c(SC(C)C(=O)Nc2ccc3[nH]c(=O)[nH]c3c2)nc2sc3c(c2c1=O)CCCC3. The second-order valence-corrected chi connectivity index (χ2v) is 10.5. The van der Waals surface area contributed by atoms with Crippen LogP contribution in [0.15, 0.2) is 45.6 Å². The lowest BCUT2D eigenvalue weighted by molar-refractivity contribution is -0.115. The number of hydrogen-bond donors (Lipinski definition) is 3. The van der Waals surface area contributed by atoms with E-state index in [1.54, 1.807) is 47.1 Å². The van der Waals surface area contributed by atoms with Gasteiger partial charge in [0.15, 0.2) is 5.16 Å². The van der Waals surface area contributed by atoms with Gasteiger partial charge in [-0.1, -0.05) is 17.8 Å². The van der Waals surface area contributed by atoms with Crippen molar-refractivity contribution in [2.45, 2.75) is 49.6 Å². The van der Waals surface area contributed by atoms with Crippen LogP contribution in [-0.2, 0) is 24.2 Å². The molecule has 4 aromatic rings. The molecule has 33 heavy (non-hydrogen) atoms. The number of thiophene rings is 1. The maximum absolute atomic E-state index is 13.4. The first kappa shape index (κ1) is 21.7. The lowest BCUT2D eigenvalue weighted by Gasteiger charge is -2.15. The number of anilines is 1. The second-order valence-electron chi connectivity index (χ2n) is 8.08. The molecule has 0 saturated carbocycles. The van der Waals surface area contributed by atoms with E-state index in [0.29, 0.717) is 28.4 Å². The van der Waals surface area contributed by atoms with E-state index >= 15 is 0 Å². The Hall–Kier alpha value is -3.11. The molecule has 0 radical (unpaired) electrons. The van der Waals surface area contributed by atoms with Gasteiger partial charge in [0.1, 0.15) is 4.83 Å². The first-order valence-electron chi connectivity index (χ1n) is 10.8. The summed E-state index contributed by atoms with van der Waals surface area (Å²) in [6.07, 6.45) is 5.82. The number of carbonyl (C=O) groups is 1. The number of rotatable bonds is 6. The molecule has 1 atom stereocenters. The van der Waals surface area contributed by atoms with E-state index in [0.717, 1.165) is 41.5 Å². The number of aromatic nitrogens is 4. The van der Waals surface area contributed by atoms with E-state index in [1.807, 2.05) is 0 Å². The van der Waals surface area contributed by atoms with Crippen molar-refractivity contribution in [3.63, 3.8) is 0 Å². The highest BCUT2D eigenvalue weighted by Gasteiger charge is 2.24. The van der Waals surface area contributed by atoms with E-state index < -0.39 is 5.25 Å². The standard InChI is InChI=1S/C23H23N5O3S2/c1-3-10-28-21(30)18-14-6-4-5-7-17(14)33-20(18)27-23(28)32-12(2)19(29)24-13-8-9-15-16(11-13)26-22(31)25-15/h3,8-9,11-12H,1,4-7,10H2,2H3,(H,24,29)(H2,25,26,31). The minimum atomic E-state index is -0.499. The molecular formula is C23H23N5O3S2. The van der Waals surface area contributed by atoms with Gasteiger partial charge < -0.3 is 15.3 Å². The number of nitrogens with zero attached hydrogens (tertiary/aromatic N) is 2. The van der Waals surface area contributed by atoms with Gasteiger partial charge in [0.05, 0.1) is 21.7 Å². The van der Waals surface area contributed by atoms with Crippen LogP contribution in [-0.4, -0.2) is 30.7 Å². The summed E-state index contributed by atoms with van der Waals surface area (Å²) in [4.78, 5) is 49.9. The van der Waals surface area contributed by atoms with Gasteiger partial charge >= 0.3 is 5.69 Å². The van der Waals surface area contributed by atoms with Crippen LogP contribution in [0.5, 0.6) is 0 Å². The van der Waals surface area contributed by atoms with Gasteiger partial charge in [0, 0.05) is 17.1 Å². The second kappa shape index (κ2) is 8.68. The third-order valence-corrected chi connectivity index (χ3v) is 8.06. The Labute approximate surface area is 197 Å². The number of amides is 1. The maximum atomic E-state index is 13.4. The molecule has 170 valence electrons. The molecule has 1 aromatic carbocycles. The largest absolute Gasteiger partial charge is 0.325 e. The molecule has 8 nitrogen and oxygen atoms in total. The zero-order chi connectivity index (χ0) is 23.1. The number of hydrogen-bond acceptors (Lipinski definition) is 6. The fourth-order valence-corrected chi connectivity index (χ4v) is 6.39. The number of benzene rings is 1. The molecule has 5 rings (SSSR count). The van der Waals surface area contributed by atoms with Gasteiger partial charge in [-0.25, -0.2) is 9.78 Å². The van der Waals surface area contributed by atoms with E-state index in [2.05, 4.69) is 21.9 Å². The van der Waals surface area contributed by atoms with Crippen LogP contribution < -0.4 is 16.6 Å². The number of fused-ring (bicyclic) bond motifs is 4. The van der Waals surface area contributed by atoms with E-state index in [4.69, 9.17) is 4.98 Å². The first-order valence-corrected chi connectivity index (χ1v) is 12.5. The molecule has 3 aromatic heterocycles. The third kappa shape index (κ3) is 4.04. The van der Waals surface area contributed by atoms with Crippen molar-refractivity contribution >= 4 is 55.9 Å². The molecule has 0 spiro atoms. The number of nitrogens with one attached hydrogen (secondary N) is 3. The van der Waals surface area contributed by atoms with E-state index in [1.165, 1.54) is 16.6 Å². The van der Waals surface area contributed by atoms with Gasteiger partial charge in [0.2, 0.25) is 5.91 Å². The molecule has 0 fully saturated rings. The van der Waals surface area contributed by atoms with Gasteiger partial charge in [-0.2, -0.15) is 0 Å². The zero-order valence-corrected chi connectivity index (χ0v) is 19.7. The minimum absolute atomic E-state index is 0.0590. The van der Waals surface area contributed by atoms with Crippen molar-refractivity contribution < 1.29 is 4.79 Å². The molecule has 0 bridgehead atoms. The zero-order valence-electron chi connectivity index (χ0n) is 18.1. The number of allylic oxidation sites excluding steroid dienone is 1. The van der Waals surface area contributed by atoms with Crippen LogP contribution >= 0.6 is 23.1 Å². The molecular weight excluding hydrogens is 458 g/mol. The molecule has 1 aliphatic rings. The first-order chi connectivity index (χ1) is 15.9. The topological polar surface area (TPSA) is 113 Å². The normalized spacial score (nSPS) is 14.3. The average Bonchev–Trinajstić information content (AvgIpc) is 3.35. The summed E-state index contributed by atoms with van der Waals surface area (Å²) in [5.74, 6) is -0.220. The number of imidazole rings is 1. The molecule has 3 N–H and O–H groups in total. The summed E-state index contributed by atoms with van der Waals surface area (Å²) in [7, 11) is 0. The summed E-state index contributed by atoms with van der Waals surface area (Å²) in [6, 6.07) is 5.17. The number of thioether (sulfide) groups is 1. The third-order valence-electron chi connectivity index (χ3n) is 5.79. The summed E-state index contributed by atoms with van der Waals surface area (Å²) in [6.45, 7) is 5.91. The Morgan fingerprint density at radius 2 is 2.09 bits per heavy atom. The Bertz CT molecular complexity index is 1510. The van der Waals surface area contributed by atoms with Crippen LogP contribution in [0.25, 0.3) is 21.3 Å². The molecule has 0 aliphatic heterocycles. The Morgan fingerprint density at radius 3 is 2.91 bits per heavy atom. The predicted octanol–water partition coefficient (Wildman–Crippen LogP) is 3.81. The van der Waals surface area contributed by atoms with Crippen LogP contribution in [0.3, 0.4) is 0 Å². The Balaban J connectivity index is 1.43. The monoisotopic (exact) mass is 481 g/mol. The fourth-order valence-electron chi connectivity index (χ4n) is 4.17. The Kier molecular flexibility index (Phi) is 5.71. The van der Waals surface area contributed by atoms with Crippen molar-refractivity contribution in [3.05, 3.63) is 62.1 Å². The smallest absolute Gasteiger partial charge is 0.323 e. The van der Waals surface area contributed by atoms with Crippen molar-refractivity contribution in [1.82, 2.24) is 19.5 Å². The van der Waals surface area contributed by atoms with Gasteiger partial charge in [-0.3, -0.25) is 14.2 Å². The lowest BCUT2D eigenvalue weighted by Crippen LogP contribution is -2.27. The van der Waals surface area contributed by atoms with Crippen molar-refractivity contribution in [1.29, 1.82) is 0 Å². The number of aryl methyl sites for hydroxylation is 2. The van der Waals surface area contributed by atoms with Gasteiger partial charge in [0.25, 0.3) is 5.56 Å². The van der Waals surface area contributed by atoms with Gasteiger partial charge in [-0.15, -0.1) is 17.9 Å². The molecule has 10 heteroatoms. The van der Waals surface area contributed by atoms with E-state index in [9.17, 15) is 14.4 Å². The molecule has 1 aliphatic carbocycles. The quantitative estimate of drug-likeness (QED) is 0.220. The minimum Gasteiger partial charge on any atom is -0.325 e. The summed E-state index contributed by atoms with van der Waals surface area (Å²) < 4.78 is 1.61. The lowest BCUT2D eigenvalue weighted by atomic mass is 9.97. The van der Waals surface area contributed by atoms with Gasteiger partial charge in [-0.05, 0) is 56.4 Å². The van der Waals surface area contributed by atoms with Crippen LogP contribution in [0, 0.1) is 0 Å². The number of H-pyrrole nitrogens is 2. The molecule has 1 unspecified atom stereocenters. The van der Waals surface area contributed by atoms with Crippen LogP contribution in [0.1, 0.15) is 30.2 Å². The predicted molar refractivity (Wildman–Crippen MR) is 134 cm³/mol. The summed E-state index contributed by atoms with van der Waals surface area (Å²) in [5, 5.41) is 3.62. The molecule has 3 heterocycles. The molecule has 0 saturated heterocycles. The summed E-state index contributed by atoms with van der Waals surface area (Å²) >= 11 is 2.85. The Morgan fingerprint density at radius 1 is 1.30 bits per heavy atom. The average molecular weight is 482 g/mol.